The number of benzene rings is 1. The van der Waals surface area contributed by atoms with Gasteiger partial charge in [-0.25, -0.2) is 4.79 Å². The van der Waals surface area contributed by atoms with Crippen LogP contribution in [0.5, 0.6) is 5.75 Å². The first-order valence-electron chi connectivity index (χ1n) is 11.3. The molecule has 2 aliphatic carbocycles. The van der Waals surface area contributed by atoms with Crippen molar-refractivity contribution in [1.29, 1.82) is 0 Å². The first-order chi connectivity index (χ1) is 15.1. The standard InChI is InChI=1S/C25H26N2O4/c28-22-20-15-26-13-9-21(20)25(31-22)12-14-27(16-25)23(29)24(10-11-24)17-5-7-19(8-6-17)30-18-3-1-2-4-18/h5-9,13,15,18H,1-4,10-12,14,16H2. The summed E-state index contributed by atoms with van der Waals surface area (Å²) in [6.07, 6.45) is 10.7. The van der Waals surface area contributed by atoms with Crippen LogP contribution in [0, 0.1) is 0 Å². The Bertz CT molecular complexity index is 1040. The van der Waals surface area contributed by atoms with Gasteiger partial charge >= 0.3 is 5.97 Å². The van der Waals surface area contributed by atoms with Crippen molar-refractivity contribution in [3.63, 3.8) is 0 Å². The number of rotatable bonds is 4. The smallest absolute Gasteiger partial charge is 0.341 e. The van der Waals surface area contributed by atoms with E-state index in [1.54, 1.807) is 12.4 Å². The lowest BCUT2D eigenvalue weighted by Gasteiger charge is -2.27. The number of carbonyl (C=O) groups excluding carboxylic acids is 2. The lowest BCUT2D eigenvalue weighted by molar-refractivity contribution is -0.134. The van der Waals surface area contributed by atoms with Crippen LogP contribution in [0.3, 0.4) is 0 Å². The first-order valence-corrected chi connectivity index (χ1v) is 11.3. The lowest BCUT2D eigenvalue weighted by atomic mass is 9.92. The summed E-state index contributed by atoms with van der Waals surface area (Å²) < 4.78 is 11.9. The number of fused-ring (bicyclic) bond motifs is 2. The summed E-state index contributed by atoms with van der Waals surface area (Å²) >= 11 is 0. The van der Waals surface area contributed by atoms with Gasteiger partial charge in [0.2, 0.25) is 5.91 Å². The van der Waals surface area contributed by atoms with Crippen molar-refractivity contribution in [2.45, 2.75) is 62.1 Å². The summed E-state index contributed by atoms with van der Waals surface area (Å²) in [5, 5.41) is 0. The molecule has 0 N–H and O–H groups in total. The highest BCUT2D eigenvalue weighted by Gasteiger charge is 2.57. The molecule has 2 aliphatic heterocycles. The fraction of sp³-hybridized carbons (Fsp3) is 0.480. The van der Waals surface area contributed by atoms with Gasteiger partial charge in [-0.05, 0) is 62.3 Å². The van der Waals surface area contributed by atoms with Gasteiger partial charge in [-0.15, -0.1) is 0 Å². The quantitative estimate of drug-likeness (QED) is 0.708. The predicted molar refractivity (Wildman–Crippen MR) is 113 cm³/mol. The summed E-state index contributed by atoms with van der Waals surface area (Å²) in [4.78, 5) is 31.8. The fourth-order valence-electron chi connectivity index (χ4n) is 5.61. The Kier molecular flexibility index (Phi) is 4.14. The highest BCUT2D eigenvalue weighted by Crippen LogP contribution is 2.52. The second-order valence-electron chi connectivity index (χ2n) is 9.41. The van der Waals surface area contributed by atoms with Gasteiger partial charge in [-0.1, -0.05) is 12.1 Å². The van der Waals surface area contributed by atoms with E-state index in [0.29, 0.717) is 31.2 Å². The van der Waals surface area contributed by atoms with Crippen molar-refractivity contribution in [2.75, 3.05) is 13.1 Å². The van der Waals surface area contributed by atoms with Crippen molar-refractivity contribution in [3.05, 3.63) is 59.4 Å². The minimum Gasteiger partial charge on any atom is -0.490 e. The molecular formula is C25H26N2O4. The van der Waals surface area contributed by atoms with Gasteiger partial charge in [0, 0.05) is 30.9 Å². The number of ether oxygens (including phenoxy) is 2. The molecule has 1 spiro atoms. The molecule has 1 saturated heterocycles. The van der Waals surface area contributed by atoms with E-state index in [2.05, 4.69) is 17.1 Å². The molecule has 6 rings (SSSR count). The molecule has 1 unspecified atom stereocenters. The van der Waals surface area contributed by atoms with Crippen molar-refractivity contribution < 1.29 is 19.1 Å². The minimum atomic E-state index is -0.722. The molecule has 0 radical (unpaired) electrons. The van der Waals surface area contributed by atoms with E-state index < -0.39 is 11.0 Å². The predicted octanol–water partition coefficient (Wildman–Crippen LogP) is 3.73. The van der Waals surface area contributed by atoms with E-state index in [4.69, 9.17) is 9.47 Å². The zero-order chi connectivity index (χ0) is 21.1. The second kappa shape index (κ2) is 6.81. The van der Waals surface area contributed by atoms with E-state index in [9.17, 15) is 9.59 Å². The number of nitrogens with zero attached hydrogens (tertiary/aromatic N) is 2. The van der Waals surface area contributed by atoms with Crippen LogP contribution >= 0.6 is 0 Å². The van der Waals surface area contributed by atoms with Gasteiger partial charge in [0.1, 0.15) is 5.75 Å². The maximum absolute atomic E-state index is 13.6. The van der Waals surface area contributed by atoms with E-state index >= 15 is 0 Å². The summed E-state index contributed by atoms with van der Waals surface area (Å²) in [6, 6.07) is 9.97. The van der Waals surface area contributed by atoms with Gasteiger partial charge in [-0.2, -0.15) is 0 Å². The third-order valence-corrected chi connectivity index (χ3v) is 7.51. The molecule has 1 amide bonds. The van der Waals surface area contributed by atoms with Crippen molar-refractivity contribution >= 4 is 11.9 Å². The minimum absolute atomic E-state index is 0.146. The zero-order valence-electron chi connectivity index (χ0n) is 17.5. The maximum Gasteiger partial charge on any atom is 0.341 e. The molecule has 2 saturated carbocycles. The Hall–Kier alpha value is -2.89. The van der Waals surface area contributed by atoms with Crippen molar-refractivity contribution in [3.8, 4) is 5.75 Å². The molecule has 0 bridgehead atoms. The van der Waals surface area contributed by atoms with E-state index in [1.807, 2.05) is 23.1 Å². The number of amides is 1. The molecule has 1 atom stereocenters. The second-order valence-corrected chi connectivity index (χ2v) is 9.41. The summed E-state index contributed by atoms with van der Waals surface area (Å²) in [6.45, 7) is 1.01. The third kappa shape index (κ3) is 2.95. The van der Waals surface area contributed by atoms with E-state index in [0.717, 1.165) is 42.6 Å². The topological polar surface area (TPSA) is 68.7 Å². The monoisotopic (exact) mass is 418 g/mol. The van der Waals surface area contributed by atoms with Crippen LogP contribution in [0.2, 0.25) is 0 Å². The van der Waals surface area contributed by atoms with Gasteiger partial charge in [-0.3, -0.25) is 9.78 Å². The molecule has 1 aromatic heterocycles. The van der Waals surface area contributed by atoms with E-state index in [1.165, 1.54) is 12.8 Å². The van der Waals surface area contributed by atoms with Crippen molar-refractivity contribution in [1.82, 2.24) is 9.88 Å². The third-order valence-electron chi connectivity index (χ3n) is 7.51. The lowest BCUT2D eigenvalue weighted by Crippen LogP contribution is -2.40. The number of aromatic nitrogens is 1. The van der Waals surface area contributed by atoms with Crippen LogP contribution < -0.4 is 4.74 Å². The molecule has 3 heterocycles. The molecule has 1 aromatic carbocycles. The SMILES string of the molecule is O=C1OC2(CCN(C(=O)C3(c4ccc(OC5CCCC5)cc4)CC3)C2)c2ccncc21. The number of carbonyl (C=O) groups is 2. The summed E-state index contributed by atoms with van der Waals surface area (Å²) in [5.74, 6) is 0.700. The van der Waals surface area contributed by atoms with Crippen molar-refractivity contribution in [2.24, 2.45) is 0 Å². The summed E-state index contributed by atoms with van der Waals surface area (Å²) in [5.41, 5.74) is 1.28. The number of pyridine rings is 1. The molecule has 3 fully saturated rings. The van der Waals surface area contributed by atoms with Gasteiger partial charge < -0.3 is 14.4 Å². The Morgan fingerprint density at radius 1 is 1.10 bits per heavy atom. The average molecular weight is 418 g/mol. The first kappa shape index (κ1) is 18.8. The van der Waals surface area contributed by atoms with Gasteiger partial charge in [0.25, 0.3) is 0 Å². The van der Waals surface area contributed by atoms with E-state index in [-0.39, 0.29) is 11.9 Å². The van der Waals surface area contributed by atoms with Crippen LogP contribution in [0.25, 0.3) is 0 Å². The Morgan fingerprint density at radius 3 is 2.61 bits per heavy atom. The summed E-state index contributed by atoms with van der Waals surface area (Å²) in [7, 11) is 0. The molecule has 4 aliphatic rings. The van der Waals surface area contributed by atoms with Crippen LogP contribution in [0.15, 0.2) is 42.7 Å². The maximum atomic E-state index is 13.6. The van der Waals surface area contributed by atoms with Gasteiger partial charge in [0.05, 0.1) is 23.6 Å². The largest absolute Gasteiger partial charge is 0.490 e. The molecule has 6 nitrogen and oxygen atoms in total. The van der Waals surface area contributed by atoms with Crippen LogP contribution in [0.4, 0.5) is 0 Å². The highest BCUT2D eigenvalue weighted by molar-refractivity contribution is 5.95. The fourth-order valence-corrected chi connectivity index (χ4v) is 5.61. The molecule has 160 valence electrons. The highest BCUT2D eigenvalue weighted by atomic mass is 16.6. The number of esters is 1. The Balaban J connectivity index is 1.19. The molecule has 6 heteroatoms. The Labute approximate surface area is 181 Å². The average Bonchev–Trinajstić information content (AvgIpc) is 3.11. The number of hydrogen-bond acceptors (Lipinski definition) is 5. The molecular weight excluding hydrogens is 392 g/mol. The molecule has 31 heavy (non-hydrogen) atoms. The zero-order valence-corrected chi connectivity index (χ0v) is 17.5. The number of likely N-dealkylation sites (tertiary alicyclic amines) is 1. The Morgan fingerprint density at radius 2 is 1.87 bits per heavy atom. The van der Waals surface area contributed by atoms with Gasteiger partial charge in [0.15, 0.2) is 5.60 Å². The van der Waals surface area contributed by atoms with Crippen LogP contribution in [0.1, 0.15) is 66.4 Å². The van der Waals surface area contributed by atoms with Crippen LogP contribution in [-0.2, 0) is 20.5 Å². The normalized spacial score (nSPS) is 26.2. The molecule has 2 aromatic rings. The van der Waals surface area contributed by atoms with Crippen LogP contribution in [-0.4, -0.2) is 41.0 Å². The number of hydrogen-bond donors (Lipinski definition) is 0.